The third-order valence-corrected chi connectivity index (χ3v) is 4.30. The van der Waals surface area contributed by atoms with Gasteiger partial charge in [-0.05, 0) is 44.4 Å². The minimum absolute atomic E-state index is 0.121. The number of nitrogens with one attached hydrogen (secondary N) is 2. The second-order valence-electron chi connectivity index (χ2n) is 6.56. The van der Waals surface area contributed by atoms with Crippen molar-refractivity contribution >= 4 is 23.3 Å². The number of rotatable bonds is 8. The molecule has 0 aliphatic carbocycles. The van der Waals surface area contributed by atoms with Gasteiger partial charge in [0.05, 0.1) is 5.56 Å². The normalized spacial score (nSPS) is 13.6. The average molecular weight is 362 g/mol. The minimum Gasteiger partial charge on any atom is -0.382 e. The molecule has 0 radical (unpaired) electrons. The number of carbonyl (C=O) groups excluding carboxylic acids is 2. The van der Waals surface area contributed by atoms with Crippen LogP contribution in [0.15, 0.2) is 18.2 Å². The molecule has 7 nitrogen and oxygen atoms in total. The Kier molecular flexibility index (Phi) is 7.72. The summed E-state index contributed by atoms with van der Waals surface area (Å²) in [6.07, 6.45) is 3.04. The molecule has 144 valence electrons. The molecule has 0 bridgehead atoms. The van der Waals surface area contributed by atoms with Crippen LogP contribution in [0.25, 0.3) is 0 Å². The van der Waals surface area contributed by atoms with Crippen LogP contribution in [0.5, 0.6) is 0 Å². The first kappa shape index (κ1) is 20.0. The fraction of sp³-hybridized carbons (Fsp3) is 0.579. The highest BCUT2D eigenvalue weighted by atomic mass is 16.5. The molecule has 0 unspecified atom stereocenters. The summed E-state index contributed by atoms with van der Waals surface area (Å²) in [7, 11) is 3.36. The van der Waals surface area contributed by atoms with Crippen molar-refractivity contribution in [2.75, 3.05) is 57.2 Å². The van der Waals surface area contributed by atoms with E-state index in [4.69, 9.17) is 4.74 Å². The van der Waals surface area contributed by atoms with Gasteiger partial charge in [-0.3, -0.25) is 4.79 Å². The molecule has 0 spiro atoms. The number of ether oxygens (including phenoxy) is 1. The largest absolute Gasteiger partial charge is 0.382 e. The molecule has 1 aliphatic heterocycles. The number of benzene rings is 1. The number of anilines is 2. The van der Waals surface area contributed by atoms with E-state index >= 15 is 0 Å². The van der Waals surface area contributed by atoms with Gasteiger partial charge in [0, 0.05) is 58.3 Å². The fourth-order valence-corrected chi connectivity index (χ4v) is 2.88. The van der Waals surface area contributed by atoms with Gasteiger partial charge in [0.2, 0.25) is 0 Å². The zero-order valence-corrected chi connectivity index (χ0v) is 16.0. The van der Waals surface area contributed by atoms with E-state index in [-0.39, 0.29) is 11.9 Å². The number of carbonyl (C=O) groups is 2. The summed E-state index contributed by atoms with van der Waals surface area (Å²) in [6, 6.07) is 5.31. The van der Waals surface area contributed by atoms with Gasteiger partial charge in [0.1, 0.15) is 0 Å². The molecular weight excluding hydrogens is 332 g/mol. The maximum Gasteiger partial charge on any atom is 0.321 e. The van der Waals surface area contributed by atoms with Crippen LogP contribution in [0, 0.1) is 0 Å². The molecule has 7 heteroatoms. The Bertz CT molecular complexity index is 613. The first-order valence-electron chi connectivity index (χ1n) is 9.26. The van der Waals surface area contributed by atoms with Crippen molar-refractivity contribution in [2.45, 2.75) is 26.2 Å². The molecule has 1 aromatic rings. The Balaban J connectivity index is 2.12. The zero-order valence-electron chi connectivity index (χ0n) is 16.0. The Morgan fingerprint density at radius 3 is 2.62 bits per heavy atom. The third-order valence-electron chi connectivity index (χ3n) is 4.30. The summed E-state index contributed by atoms with van der Waals surface area (Å²) < 4.78 is 5.30. The molecule has 0 atom stereocenters. The molecule has 26 heavy (non-hydrogen) atoms. The van der Waals surface area contributed by atoms with E-state index in [1.165, 1.54) is 4.90 Å². The van der Waals surface area contributed by atoms with E-state index in [1.807, 2.05) is 19.1 Å². The minimum atomic E-state index is -0.220. The number of hydrogen-bond acceptors (Lipinski definition) is 4. The van der Waals surface area contributed by atoms with Crippen LogP contribution < -0.4 is 15.5 Å². The van der Waals surface area contributed by atoms with Crippen LogP contribution >= 0.6 is 0 Å². The summed E-state index contributed by atoms with van der Waals surface area (Å²) in [5.41, 5.74) is 2.14. The predicted octanol–water partition coefficient (Wildman–Crippen LogP) is 2.54. The maximum absolute atomic E-state index is 12.7. The van der Waals surface area contributed by atoms with Gasteiger partial charge in [0.25, 0.3) is 5.91 Å². The van der Waals surface area contributed by atoms with Crippen LogP contribution in [-0.4, -0.2) is 63.8 Å². The van der Waals surface area contributed by atoms with Crippen LogP contribution in [-0.2, 0) is 4.74 Å². The number of nitrogens with zero attached hydrogens (tertiary/aromatic N) is 2. The number of amides is 3. The summed E-state index contributed by atoms with van der Waals surface area (Å²) in [5.74, 6) is -0.121. The highest BCUT2D eigenvalue weighted by molar-refractivity contribution is 6.02. The molecular formula is C19H30N4O3. The SMILES string of the molecule is CCOCCCNC(=O)c1cc(NC(=O)N(C)C)ccc1N1CCCC1. The van der Waals surface area contributed by atoms with E-state index < -0.39 is 0 Å². The number of urea groups is 1. The second-order valence-corrected chi connectivity index (χ2v) is 6.56. The maximum atomic E-state index is 12.7. The predicted molar refractivity (Wildman–Crippen MR) is 104 cm³/mol. The molecule has 1 aromatic carbocycles. The molecule has 0 saturated carbocycles. The first-order chi connectivity index (χ1) is 12.5. The van der Waals surface area contributed by atoms with Gasteiger partial charge >= 0.3 is 6.03 Å². The van der Waals surface area contributed by atoms with E-state index in [9.17, 15) is 9.59 Å². The summed E-state index contributed by atoms with van der Waals surface area (Å²) >= 11 is 0. The lowest BCUT2D eigenvalue weighted by Crippen LogP contribution is -2.30. The van der Waals surface area contributed by atoms with Gasteiger partial charge in [-0.25, -0.2) is 4.79 Å². The third kappa shape index (κ3) is 5.62. The Morgan fingerprint density at radius 1 is 1.23 bits per heavy atom. The van der Waals surface area contributed by atoms with Crippen molar-refractivity contribution < 1.29 is 14.3 Å². The van der Waals surface area contributed by atoms with E-state index in [2.05, 4.69) is 15.5 Å². The Hall–Kier alpha value is -2.28. The molecule has 3 amide bonds. The molecule has 2 N–H and O–H groups in total. The van der Waals surface area contributed by atoms with E-state index in [0.717, 1.165) is 38.0 Å². The van der Waals surface area contributed by atoms with Gasteiger partial charge < -0.3 is 25.2 Å². The molecule has 2 rings (SSSR count). The highest BCUT2D eigenvalue weighted by Gasteiger charge is 2.20. The average Bonchev–Trinajstić information content (AvgIpc) is 3.15. The van der Waals surface area contributed by atoms with Crippen molar-refractivity contribution in [3.05, 3.63) is 23.8 Å². The number of hydrogen-bond donors (Lipinski definition) is 2. The quantitative estimate of drug-likeness (QED) is 0.697. The van der Waals surface area contributed by atoms with Gasteiger partial charge in [-0.1, -0.05) is 0 Å². The zero-order chi connectivity index (χ0) is 18.9. The van der Waals surface area contributed by atoms with E-state index in [0.29, 0.717) is 31.0 Å². The Morgan fingerprint density at radius 2 is 1.96 bits per heavy atom. The van der Waals surface area contributed by atoms with Crippen molar-refractivity contribution in [2.24, 2.45) is 0 Å². The van der Waals surface area contributed by atoms with Crippen LogP contribution in [0.3, 0.4) is 0 Å². The lowest BCUT2D eigenvalue weighted by molar-refractivity contribution is 0.0944. The van der Waals surface area contributed by atoms with Crippen molar-refractivity contribution in [3.63, 3.8) is 0 Å². The summed E-state index contributed by atoms with van der Waals surface area (Å²) in [4.78, 5) is 28.3. The van der Waals surface area contributed by atoms with Gasteiger partial charge in [0.15, 0.2) is 0 Å². The second kappa shape index (κ2) is 10.0. The van der Waals surface area contributed by atoms with E-state index in [1.54, 1.807) is 20.2 Å². The van der Waals surface area contributed by atoms with Crippen LogP contribution in [0.4, 0.5) is 16.2 Å². The fourth-order valence-electron chi connectivity index (χ4n) is 2.88. The Labute approximate surface area is 155 Å². The van der Waals surface area contributed by atoms with Crippen LogP contribution in [0.1, 0.15) is 36.5 Å². The molecule has 1 heterocycles. The lowest BCUT2D eigenvalue weighted by atomic mass is 10.1. The van der Waals surface area contributed by atoms with Gasteiger partial charge in [-0.2, -0.15) is 0 Å². The van der Waals surface area contributed by atoms with Crippen molar-refractivity contribution in [3.8, 4) is 0 Å². The monoisotopic (exact) mass is 362 g/mol. The van der Waals surface area contributed by atoms with Crippen LogP contribution in [0.2, 0.25) is 0 Å². The first-order valence-corrected chi connectivity index (χ1v) is 9.26. The lowest BCUT2D eigenvalue weighted by Gasteiger charge is -2.22. The molecule has 0 aromatic heterocycles. The standard InChI is InChI=1S/C19H30N4O3/c1-4-26-13-7-10-20-18(24)16-14-15(21-19(25)22(2)3)8-9-17(16)23-11-5-6-12-23/h8-9,14H,4-7,10-13H2,1-3H3,(H,20,24)(H,21,25). The molecule has 1 fully saturated rings. The van der Waals surface area contributed by atoms with Crippen molar-refractivity contribution in [1.29, 1.82) is 0 Å². The summed E-state index contributed by atoms with van der Waals surface area (Å²) in [5, 5.41) is 5.76. The molecule has 1 aliphatic rings. The topological polar surface area (TPSA) is 73.9 Å². The summed E-state index contributed by atoms with van der Waals surface area (Å²) in [6.45, 7) is 5.73. The smallest absolute Gasteiger partial charge is 0.321 e. The van der Waals surface area contributed by atoms with Crippen molar-refractivity contribution in [1.82, 2.24) is 10.2 Å². The highest BCUT2D eigenvalue weighted by Crippen LogP contribution is 2.27. The van der Waals surface area contributed by atoms with Gasteiger partial charge in [-0.15, -0.1) is 0 Å². The molecule has 1 saturated heterocycles.